The first-order valence-corrected chi connectivity index (χ1v) is 8.38. The number of nitrogens with zero attached hydrogens (tertiary/aromatic N) is 2. The van der Waals surface area contributed by atoms with Gasteiger partial charge in [-0.05, 0) is 30.3 Å². The van der Waals surface area contributed by atoms with E-state index >= 15 is 0 Å². The van der Waals surface area contributed by atoms with E-state index in [1.54, 1.807) is 26.8 Å². The molecule has 0 saturated carbocycles. The minimum absolute atomic E-state index is 0.00221. The third-order valence-corrected chi connectivity index (χ3v) is 4.24. The van der Waals surface area contributed by atoms with Crippen LogP contribution in [0.25, 0.3) is 0 Å². The number of aromatic nitrogens is 2. The third kappa shape index (κ3) is 4.49. The average molecular weight is 334 g/mol. The Labute approximate surface area is 135 Å². The molecule has 0 aliphatic heterocycles. The first-order chi connectivity index (χ1) is 10.7. The van der Waals surface area contributed by atoms with Gasteiger partial charge in [0.1, 0.15) is 0 Å². The Hall–Kier alpha value is -2.48. The molecule has 7 nitrogen and oxygen atoms in total. The van der Waals surface area contributed by atoms with Crippen LogP contribution < -0.4 is 10.0 Å². The topological polar surface area (TPSA) is 101 Å². The van der Waals surface area contributed by atoms with Crippen LogP contribution >= 0.6 is 0 Å². The van der Waals surface area contributed by atoms with Crippen LogP contribution in [0.3, 0.4) is 0 Å². The van der Waals surface area contributed by atoms with Gasteiger partial charge in [-0.3, -0.25) is 4.79 Å². The molecule has 122 valence electrons. The van der Waals surface area contributed by atoms with Crippen LogP contribution in [0.2, 0.25) is 0 Å². The van der Waals surface area contributed by atoms with Crippen molar-refractivity contribution in [1.29, 1.82) is 0 Å². The molecule has 0 aliphatic carbocycles. The molecule has 1 aromatic heterocycles. The van der Waals surface area contributed by atoms with E-state index in [-0.39, 0.29) is 16.8 Å². The number of hydrogen-bond acceptors (Lipinski definition) is 5. The molecule has 0 saturated heterocycles. The molecule has 0 radical (unpaired) electrons. The third-order valence-electron chi connectivity index (χ3n) is 2.90. The van der Waals surface area contributed by atoms with Gasteiger partial charge in [-0.2, -0.15) is 0 Å². The average Bonchev–Trinajstić information content (AvgIpc) is 2.47. The molecule has 1 aromatic carbocycles. The van der Waals surface area contributed by atoms with Gasteiger partial charge >= 0.3 is 0 Å². The highest BCUT2D eigenvalue weighted by molar-refractivity contribution is 7.92. The zero-order chi connectivity index (χ0) is 17.1. The van der Waals surface area contributed by atoms with Crippen molar-refractivity contribution in [3.05, 3.63) is 42.7 Å². The molecule has 0 spiro atoms. The second kappa shape index (κ2) is 6.33. The molecule has 1 heterocycles. The smallest absolute Gasteiger partial charge is 0.264 e. The minimum atomic E-state index is -3.77. The lowest BCUT2D eigenvalue weighted by molar-refractivity contribution is -0.123. The summed E-state index contributed by atoms with van der Waals surface area (Å²) in [4.78, 5) is 19.6. The van der Waals surface area contributed by atoms with Crippen molar-refractivity contribution >= 4 is 27.6 Å². The Kier molecular flexibility index (Phi) is 4.65. The molecule has 0 unspecified atom stereocenters. The van der Waals surface area contributed by atoms with Crippen molar-refractivity contribution in [3.8, 4) is 0 Å². The lowest BCUT2D eigenvalue weighted by Gasteiger charge is -2.17. The number of sulfonamides is 1. The summed E-state index contributed by atoms with van der Waals surface area (Å²) in [5.74, 6) is -0.151. The van der Waals surface area contributed by atoms with E-state index in [2.05, 4.69) is 20.0 Å². The summed E-state index contributed by atoms with van der Waals surface area (Å²) in [6.07, 6.45) is 2.88. The number of rotatable bonds is 4. The molecule has 8 heteroatoms. The summed E-state index contributed by atoms with van der Waals surface area (Å²) in [7, 11) is -3.77. The molecular weight excluding hydrogens is 316 g/mol. The summed E-state index contributed by atoms with van der Waals surface area (Å²) >= 11 is 0. The van der Waals surface area contributed by atoms with Gasteiger partial charge < -0.3 is 5.32 Å². The normalized spacial score (nSPS) is 11.8. The quantitative estimate of drug-likeness (QED) is 0.893. The van der Waals surface area contributed by atoms with Crippen molar-refractivity contribution in [3.63, 3.8) is 0 Å². The SMILES string of the molecule is CC(C)(C)C(=O)Nc1ccc(S(=O)(=O)Nc2ncccn2)cc1. The Morgan fingerprint density at radius 1 is 1.04 bits per heavy atom. The molecule has 1 amide bonds. The Balaban J connectivity index is 2.14. The van der Waals surface area contributed by atoms with Crippen molar-refractivity contribution in [2.75, 3.05) is 10.0 Å². The Morgan fingerprint density at radius 3 is 2.13 bits per heavy atom. The highest BCUT2D eigenvalue weighted by Crippen LogP contribution is 2.19. The molecule has 2 rings (SSSR count). The van der Waals surface area contributed by atoms with Crippen LogP contribution in [-0.2, 0) is 14.8 Å². The van der Waals surface area contributed by atoms with Gasteiger partial charge in [-0.1, -0.05) is 20.8 Å². The van der Waals surface area contributed by atoms with Gasteiger partial charge in [0.2, 0.25) is 11.9 Å². The minimum Gasteiger partial charge on any atom is -0.326 e. The number of carbonyl (C=O) groups is 1. The van der Waals surface area contributed by atoms with Crippen LogP contribution in [0, 0.1) is 5.41 Å². The van der Waals surface area contributed by atoms with E-state index in [1.165, 1.54) is 36.7 Å². The van der Waals surface area contributed by atoms with Crippen LogP contribution in [0.4, 0.5) is 11.6 Å². The molecule has 2 aromatic rings. The van der Waals surface area contributed by atoms with E-state index in [0.29, 0.717) is 5.69 Å². The standard InChI is InChI=1S/C15H18N4O3S/c1-15(2,3)13(20)18-11-5-7-12(8-6-11)23(21,22)19-14-16-9-4-10-17-14/h4-10H,1-3H3,(H,18,20)(H,16,17,19). The summed E-state index contributed by atoms with van der Waals surface area (Å²) in [6.45, 7) is 5.39. The lowest BCUT2D eigenvalue weighted by Crippen LogP contribution is -2.27. The molecule has 0 atom stereocenters. The number of nitrogens with one attached hydrogen (secondary N) is 2. The van der Waals surface area contributed by atoms with Gasteiger partial charge in [-0.15, -0.1) is 0 Å². The second-order valence-electron chi connectivity index (χ2n) is 5.91. The van der Waals surface area contributed by atoms with Crippen LogP contribution in [-0.4, -0.2) is 24.3 Å². The fourth-order valence-electron chi connectivity index (χ4n) is 1.57. The summed E-state index contributed by atoms with van der Waals surface area (Å²) < 4.78 is 26.7. The maximum Gasteiger partial charge on any atom is 0.264 e. The molecule has 0 aliphatic rings. The maximum atomic E-state index is 12.2. The highest BCUT2D eigenvalue weighted by Gasteiger charge is 2.21. The molecule has 2 N–H and O–H groups in total. The van der Waals surface area contributed by atoms with E-state index in [0.717, 1.165) is 0 Å². The lowest BCUT2D eigenvalue weighted by atomic mass is 9.95. The van der Waals surface area contributed by atoms with E-state index in [1.807, 2.05) is 0 Å². The van der Waals surface area contributed by atoms with Crippen molar-refractivity contribution in [2.24, 2.45) is 5.41 Å². The van der Waals surface area contributed by atoms with Crippen LogP contribution in [0.5, 0.6) is 0 Å². The molecular formula is C15H18N4O3S. The van der Waals surface area contributed by atoms with Gasteiger partial charge in [-0.25, -0.2) is 23.1 Å². The molecule has 23 heavy (non-hydrogen) atoms. The predicted molar refractivity (Wildman–Crippen MR) is 87.4 cm³/mol. The predicted octanol–water partition coefficient (Wildman–Crippen LogP) is 2.26. The zero-order valence-corrected chi connectivity index (χ0v) is 13.9. The summed E-state index contributed by atoms with van der Waals surface area (Å²) in [5.41, 5.74) is -0.00318. The summed E-state index contributed by atoms with van der Waals surface area (Å²) in [6, 6.07) is 7.46. The van der Waals surface area contributed by atoms with E-state index in [4.69, 9.17) is 0 Å². The van der Waals surface area contributed by atoms with Crippen LogP contribution in [0.15, 0.2) is 47.6 Å². The number of hydrogen-bond donors (Lipinski definition) is 2. The van der Waals surface area contributed by atoms with Crippen molar-refractivity contribution < 1.29 is 13.2 Å². The largest absolute Gasteiger partial charge is 0.326 e. The zero-order valence-electron chi connectivity index (χ0n) is 13.1. The Morgan fingerprint density at radius 2 is 1.61 bits per heavy atom. The highest BCUT2D eigenvalue weighted by atomic mass is 32.2. The van der Waals surface area contributed by atoms with Gasteiger partial charge in [0.15, 0.2) is 0 Å². The van der Waals surface area contributed by atoms with Gasteiger partial charge in [0, 0.05) is 23.5 Å². The number of anilines is 2. The fraction of sp³-hybridized carbons (Fsp3) is 0.267. The number of carbonyl (C=O) groups excluding carboxylic acids is 1. The summed E-state index contributed by atoms with van der Waals surface area (Å²) in [5, 5.41) is 2.73. The Bertz CT molecular complexity index is 782. The van der Waals surface area contributed by atoms with E-state index in [9.17, 15) is 13.2 Å². The first kappa shape index (κ1) is 16.9. The van der Waals surface area contributed by atoms with Crippen molar-refractivity contribution in [1.82, 2.24) is 9.97 Å². The van der Waals surface area contributed by atoms with Crippen molar-refractivity contribution in [2.45, 2.75) is 25.7 Å². The van der Waals surface area contributed by atoms with E-state index < -0.39 is 15.4 Å². The maximum absolute atomic E-state index is 12.2. The van der Waals surface area contributed by atoms with Gasteiger partial charge in [0.05, 0.1) is 4.90 Å². The first-order valence-electron chi connectivity index (χ1n) is 6.90. The van der Waals surface area contributed by atoms with Crippen LogP contribution in [0.1, 0.15) is 20.8 Å². The number of amides is 1. The second-order valence-corrected chi connectivity index (χ2v) is 7.59. The molecule has 0 fully saturated rings. The van der Waals surface area contributed by atoms with Gasteiger partial charge in [0.25, 0.3) is 10.0 Å². The molecule has 0 bridgehead atoms. The fourth-order valence-corrected chi connectivity index (χ4v) is 2.52. The number of benzene rings is 1. The monoisotopic (exact) mass is 334 g/mol.